The number of para-hydroxylation sites is 1. The predicted octanol–water partition coefficient (Wildman–Crippen LogP) is 3.69. The van der Waals surface area contributed by atoms with E-state index in [0.29, 0.717) is 22.4 Å². The van der Waals surface area contributed by atoms with E-state index in [4.69, 9.17) is 16.0 Å². The SMILES string of the molecule is Cc1c(C(=O)NC2CCNC(C)C2)oc2c(Cl)cccc12.Cl. The van der Waals surface area contributed by atoms with Crippen LogP contribution in [0, 0.1) is 6.92 Å². The lowest BCUT2D eigenvalue weighted by Crippen LogP contribution is -2.46. The van der Waals surface area contributed by atoms with Crippen molar-refractivity contribution in [2.24, 2.45) is 0 Å². The van der Waals surface area contributed by atoms with Gasteiger partial charge in [0.15, 0.2) is 11.3 Å². The van der Waals surface area contributed by atoms with Crippen molar-refractivity contribution in [2.75, 3.05) is 6.54 Å². The molecule has 1 aromatic carbocycles. The van der Waals surface area contributed by atoms with Crippen molar-refractivity contribution in [1.29, 1.82) is 0 Å². The first-order valence-corrected chi connectivity index (χ1v) is 7.66. The Labute approximate surface area is 141 Å². The topological polar surface area (TPSA) is 54.3 Å². The van der Waals surface area contributed by atoms with Gasteiger partial charge in [-0.3, -0.25) is 4.79 Å². The molecule has 4 nitrogen and oxygen atoms in total. The number of benzene rings is 1. The van der Waals surface area contributed by atoms with Crippen molar-refractivity contribution < 1.29 is 9.21 Å². The number of piperidine rings is 1. The first-order chi connectivity index (χ1) is 10.1. The number of hydrogen-bond acceptors (Lipinski definition) is 3. The molecule has 1 amide bonds. The third-order valence-electron chi connectivity index (χ3n) is 4.08. The van der Waals surface area contributed by atoms with Crippen molar-refractivity contribution in [1.82, 2.24) is 10.6 Å². The van der Waals surface area contributed by atoms with E-state index in [0.717, 1.165) is 30.3 Å². The number of carbonyl (C=O) groups is 1. The van der Waals surface area contributed by atoms with E-state index in [-0.39, 0.29) is 24.4 Å². The van der Waals surface area contributed by atoms with Gasteiger partial charge in [-0.1, -0.05) is 23.7 Å². The van der Waals surface area contributed by atoms with Crippen LogP contribution in [0.5, 0.6) is 0 Å². The highest BCUT2D eigenvalue weighted by molar-refractivity contribution is 6.35. The van der Waals surface area contributed by atoms with Gasteiger partial charge in [0.05, 0.1) is 5.02 Å². The van der Waals surface area contributed by atoms with Crippen LogP contribution in [0.1, 0.15) is 35.9 Å². The van der Waals surface area contributed by atoms with E-state index in [1.807, 2.05) is 19.1 Å². The molecule has 1 aliphatic heterocycles. The standard InChI is InChI=1S/C16H19ClN2O2.ClH/c1-9-8-11(6-7-18-9)19-16(20)14-10(2)12-4-3-5-13(17)15(12)21-14;/h3-5,9,11,18H,6-8H2,1-2H3,(H,19,20);1H. The van der Waals surface area contributed by atoms with E-state index in [1.54, 1.807) is 6.07 Å². The van der Waals surface area contributed by atoms with Gasteiger partial charge >= 0.3 is 0 Å². The molecule has 2 unspecified atom stereocenters. The summed E-state index contributed by atoms with van der Waals surface area (Å²) >= 11 is 6.12. The highest BCUT2D eigenvalue weighted by Gasteiger charge is 2.24. The molecule has 0 saturated carbocycles. The molecular formula is C16H20Cl2N2O2. The minimum Gasteiger partial charge on any atom is -0.449 e. The minimum atomic E-state index is -0.154. The molecule has 1 aromatic heterocycles. The zero-order chi connectivity index (χ0) is 15.0. The van der Waals surface area contributed by atoms with E-state index < -0.39 is 0 Å². The molecule has 3 rings (SSSR count). The van der Waals surface area contributed by atoms with Crippen LogP contribution in [-0.2, 0) is 0 Å². The van der Waals surface area contributed by atoms with Crippen molar-refractivity contribution in [2.45, 2.75) is 38.8 Å². The smallest absolute Gasteiger partial charge is 0.287 e. The third kappa shape index (κ3) is 3.24. The summed E-state index contributed by atoms with van der Waals surface area (Å²) in [5.41, 5.74) is 1.42. The van der Waals surface area contributed by atoms with Crippen LogP contribution in [0.2, 0.25) is 5.02 Å². The van der Waals surface area contributed by atoms with Gasteiger partial charge in [0.2, 0.25) is 0 Å². The molecule has 0 spiro atoms. The second-order valence-corrected chi connectivity index (χ2v) is 6.13. The zero-order valence-corrected chi connectivity index (χ0v) is 14.2. The summed E-state index contributed by atoms with van der Waals surface area (Å²) in [5, 5.41) is 7.87. The van der Waals surface area contributed by atoms with Gasteiger partial charge < -0.3 is 15.1 Å². The summed E-state index contributed by atoms with van der Waals surface area (Å²) in [6, 6.07) is 6.17. The van der Waals surface area contributed by atoms with Gasteiger partial charge in [0.25, 0.3) is 5.91 Å². The number of furan rings is 1. The first kappa shape index (κ1) is 17.1. The number of hydrogen-bond donors (Lipinski definition) is 2. The van der Waals surface area contributed by atoms with Gasteiger partial charge in [-0.2, -0.15) is 0 Å². The fraction of sp³-hybridized carbons (Fsp3) is 0.438. The Morgan fingerprint density at radius 1 is 1.45 bits per heavy atom. The molecule has 2 heterocycles. The van der Waals surface area contributed by atoms with Crippen molar-refractivity contribution in [3.8, 4) is 0 Å². The number of halogens is 2. The lowest BCUT2D eigenvalue weighted by molar-refractivity contribution is 0.0899. The zero-order valence-electron chi connectivity index (χ0n) is 12.6. The highest BCUT2D eigenvalue weighted by atomic mass is 35.5. The second-order valence-electron chi connectivity index (χ2n) is 5.72. The molecule has 120 valence electrons. The third-order valence-corrected chi connectivity index (χ3v) is 4.38. The summed E-state index contributed by atoms with van der Waals surface area (Å²) in [6.45, 7) is 4.95. The van der Waals surface area contributed by atoms with Gasteiger partial charge in [-0.05, 0) is 39.3 Å². The lowest BCUT2D eigenvalue weighted by atomic mass is 10.0. The number of aryl methyl sites for hydroxylation is 1. The van der Waals surface area contributed by atoms with Crippen LogP contribution < -0.4 is 10.6 Å². The molecule has 2 atom stereocenters. The number of nitrogens with one attached hydrogen (secondary N) is 2. The molecule has 6 heteroatoms. The summed E-state index contributed by atoms with van der Waals surface area (Å²) in [5.74, 6) is 0.211. The highest BCUT2D eigenvalue weighted by Crippen LogP contribution is 2.30. The summed E-state index contributed by atoms with van der Waals surface area (Å²) < 4.78 is 5.70. The molecule has 1 aliphatic rings. The van der Waals surface area contributed by atoms with E-state index in [2.05, 4.69) is 17.6 Å². The Morgan fingerprint density at radius 3 is 2.91 bits per heavy atom. The molecule has 1 saturated heterocycles. The van der Waals surface area contributed by atoms with Crippen LogP contribution in [0.25, 0.3) is 11.0 Å². The molecule has 0 bridgehead atoms. The maximum absolute atomic E-state index is 12.5. The summed E-state index contributed by atoms with van der Waals surface area (Å²) in [4.78, 5) is 12.5. The van der Waals surface area contributed by atoms with E-state index in [1.165, 1.54) is 0 Å². The van der Waals surface area contributed by atoms with Crippen LogP contribution in [-0.4, -0.2) is 24.5 Å². The Kier molecular flexibility index (Phi) is 5.37. The van der Waals surface area contributed by atoms with Gasteiger partial charge in [0.1, 0.15) is 0 Å². The number of rotatable bonds is 2. The van der Waals surface area contributed by atoms with Crippen molar-refractivity contribution >= 4 is 40.9 Å². The molecule has 0 radical (unpaired) electrons. The maximum atomic E-state index is 12.5. The average Bonchev–Trinajstić information content (AvgIpc) is 2.78. The Hall–Kier alpha value is -1.23. The Bertz CT molecular complexity index is 684. The maximum Gasteiger partial charge on any atom is 0.287 e. The molecule has 2 aromatic rings. The van der Waals surface area contributed by atoms with Crippen LogP contribution in [0.3, 0.4) is 0 Å². The Balaban J connectivity index is 0.00000176. The molecule has 2 N–H and O–H groups in total. The summed E-state index contributed by atoms with van der Waals surface area (Å²) in [7, 11) is 0. The molecular weight excluding hydrogens is 323 g/mol. The monoisotopic (exact) mass is 342 g/mol. The van der Waals surface area contributed by atoms with Gasteiger partial charge in [0, 0.05) is 23.0 Å². The Morgan fingerprint density at radius 2 is 2.23 bits per heavy atom. The van der Waals surface area contributed by atoms with Gasteiger partial charge in [-0.15, -0.1) is 12.4 Å². The number of amides is 1. The molecule has 1 fully saturated rings. The first-order valence-electron chi connectivity index (χ1n) is 7.28. The van der Waals surface area contributed by atoms with Crippen LogP contribution in [0.4, 0.5) is 0 Å². The average molecular weight is 343 g/mol. The van der Waals surface area contributed by atoms with Gasteiger partial charge in [-0.25, -0.2) is 0 Å². The number of carbonyl (C=O) groups excluding carboxylic acids is 1. The van der Waals surface area contributed by atoms with Crippen molar-refractivity contribution in [3.05, 3.63) is 34.5 Å². The minimum absolute atomic E-state index is 0. The largest absolute Gasteiger partial charge is 0.449 e. The molecule has 0 aliphatic carbocycles. The quantitative estimate of drug-likeness (QED) is 0.875. The fourth-order valence-electron chi connectivity index (χ4n) is 2.94. The van der Waals surface area contributed by atoms with E-state index >= 15 is 0 Å². The number of fused-ring (bicyclic) bond motifs is 1. The molecule has 22 heavy (non-hydrogen) atoms. The van der Waals surface area contributed by atoms with Crippen LogP contribution in [0.15, 0.2) is 22.6 Å². The lowest BCUT2D eigenvalue weighted by Gasteiger charge is -2.28. The van der Waals surface area contributed by atoms with E-state index in [9.17, 15) is 4.79 Å². The fourth-order valence-corrected chi connectivity index (χ4v) is 3.15. The summed E-state index contributed by atoms with van der Waals surface area (Å²) in [6.07, 6.45) is 1.88. The second kappa shape index (κ2) is 6.90. The van der Waals surface area contributed by atoms with Crippen LogP contribution >= 0.6 is 24.0 Å². The van der Waals surface area contributed by atoms with Crippen molar-refractivity contribution in [3.63, 3.8) is 0 Å². The predicted molar refractivity (Wildman–Crippen MR) is 91.2 cm³/mol. The normalized spacial score (nSPS) is 21.4.